The van der Waals surface area contributed by atoms with Gasteiger partial charge in [-0.25, -0.2) is 0 Å². The van der Waals surface area contributed by atoms with E-state index < -0.39 is 0 Å². The van der Waals surface area contributed by atoms with Crippen LogP contribution in [0.25, 0.3) is 22.5 Å². The maximum absolute atomic E-state index is 11.3. The number of aryl methyl sites for hydroxylation is 7. The van der Waals surface area contributed by atoms with E-state index in [4.69, 9.17) is 0 Å². The van der Waals surface area contributed by atoms with Crippen molar-refractivity contribution in [3.05, 3.63) is 119 Å². The van der Waals surface area contributed by atoms with Gasteiger partial charge in [-0.15, -0.1) is 0 Å². The minimum Gasteiger partial charge on any atom is -0.300 e. The number of carbonyl (C=O) groups is 2. The zero-order valence-electron chi connectivity index (χ0n) is 28.9. The summed E-state index contributed by atoms with van der Waals surface area (Å²) in [5.41, 5.74) is 13.6. The number of Topliss-reactive ketones (excluding diaryl/α,β-unsaturated/α-hetero) is 2. The molecule has 3 aromatic carbocycles. The van der Waals surface area contributed by atoms with Crippen LogP contribution < -0.4 is 11.3 Å². The van der Waals surface area contributed by atoms with E-state index in [1.165, 1.54) is 40.6 Å². The molecule has 0 aliphatic carbocycles. The van der Waals surface area contributed by atoms with Crippen molar-refractivity contribution in [1.29, 1.82) is 0 Å². The van der Waals surface area contributed by atoms with Gasteiger partial charge in [0.15, 0.2) is 5.78 Å². The summed E-state index contributed by atoms with van der Waals surface area (Å²) in [5, 5.41) is 8.94. The minimum atomic E-state index is -0.104. The highest BCUT2D eigenvalue weighted by molar-refractivity contribution is 6.07. The van der Waals surface area contributed by atoms with Crippen LogP contribution in [0.15, 0.2) is 84.9 Å². The van der Waals surface area contributed by atoms with E-state index >= 15 is 0 Å². The van der Waals surface area contributed by atoms with E-state index in [0.29, 0.717) is 5.56 Å². The molecular formula is C38H50N6O2. The highest BCUT2D eigenvalue weighted by Crippen LogP contribution is 2.21. The van der Waals surface area contributed by atoms with Crippen molar-refractivity contribution < 1.29 is 9.59 Å². The number of rotatable bonds is 7. The van der Waals surface area contributed by atoms with Crippen LogP contribution in [0.3, 0.4) is 0 Å². The summed E-state index contributed by atoms with van der Waals surface area (Å²) < 4.78 is 3.90. The molecule has 0 amide bonds. The Kier molecular flexibility index (Phi) is 15.5. The molecule has 3 N–H and O–H groups in total. The first-order valence-corrected chi connectivity index (χ1v) is 15.6. The van der Waals surface area contributed by atoms with Crippen LogP contribution in [0.2, 0.25) is 0 Å². The first kappa shape index (κ1) is 37.5. The molecule has 46 heavy (non-hydrogen) atoms. The van der Waals surface area contributed by atoms with Crippen molar-refractivity contribution in [2.75, 3.05) is 7.05 Å². The number of carbonyl (C=O) groups excluding carboxylic acids is 2. The first-order valence-electron chi connectivity index (χ1n) is 15.6. The number of benzene rings is 3. The Morgan fingerprint density at radius 2 is 1.20 bits per heavy atom. The summed E-state index contributed by atoms with van der Waals surface area (Å²) in [4.78, 5) is 22.0. The summed E-state index contributed by atoms with van der Waals surface area (Å²) in [6.45, 7) is 11.9. The third-order valence-corrected chi connectivity index (χ3v) is 7.11. The SMILES string of the molecule is CC(=O)CC(=O)c1ccc(C)cc1.CCc1cc(-c2ccc(C)cc2)n(C)n1.CCc1cc(-c2ccc(C)cc2)nn1C.CNN. The van der Waals surface area contributed by atoms with Gasteiger partial charge in [0.05, 0.1) is 23.5 Å². The van der Waals surface area contributed by atoms with Crippen LogP contribution in [-0.2, 0) is 31.7 Å². The first-order chi connectivity index (χ1) is 21.9. The number of ketones is 2. The number of nitrogens with two attached hydrogens (primary N) is 1. The molecule has 0 saturated heterocycles. The molecule has 0 fully saturated rings. The summed E-state index contributed by atoms with van der Waals surface area (Å²) in [7, 11) is 5.64. The predicted octanol–water partition coefficient (Wildman–Crippen LogP) is 7.15. The van der Waals surface area contributed by atoms with Gasteiger partial charge in [-0.3, -0.25) is 30.2 Å². The zero-order valence-corrected chi connectivity index (χ0v) is 28.9. The second kappa shape index (κ2) is 19.0. The second-order valence-electron chi connectivity index (χ2n) is 11.2. The normalized spacial score (nSPS) is 10.0. The van der Waals surface area contributed by atoms with Crippen molar-refractivity contribution >= 4 is 11.6 Å². The number of nitrogens with one attached hydrogen (secondary N) is 1. The number of hydrogen-bond acceptors (Lipinski definition) is 6. The average Bonchev–Trinajstić information content (AvgIpc) is 3.60. The van der Waals surface area contributed by atoms with E-state index in [1.54, 1.807) is 19.2 Å². The van der Waals surface area contributed by atoms with E-state index in [1.807, 2.05) is 42.5 Å². The minimum absolute atomic E-state index is 0.00304. The van der Waals surface area contributed by atoms with Crippen LogP contribution >= 0.6 is 0 Å². The topological polar surface area (TPSA) is 108 Å². The fourth-order valence-electron chi connectivity index (χ4n) is 4.46. The van der Waals surface area contributed by atoms with Gasteiger partial charge in [-0.05, 0) is 65.3 Å². The predicted molar refractivity (Wildman–Crippen MR) is 190 cm³/mol. The fourth-order valence-corrected chi connectivity index (χ4v) is 4.46. The van der Waals surface area contributed by atoms with Gasteiger partial charge in [-0.2, -0.15) is 10.2 Å². The molecule has 244 valence electrons. The van der Waals surface area contributed by atoms with E-state index in [2.05, 4.69) is 110 Å². The van der Waals surface area contributed by atoms with Gasteiger partial charge in [0.25, 0.3) is 0 Å². The number of nitrogens with zero attached hydrogens (tertiary/aromatic N) is 4. The van der Waals surface area contributed by atoms with E-state index in [0.717, 1.165) is 29.8 Å². The third-order valence-electron chi connectivity index (χ3n) is 7.11. The van der Waals surface area contributed by atoms with Crippen LogP contribution in [0.5, 0.6) is 0 Å². The van der Waals surface area contributed by atoms with Crippen LogP contribution in [-0.4, -0.2) is 38.2 Å². The lowest BCUT2D eigenvalue weighted by Gasteiger charge is -2.01. The quantitative estimate of drug-likeness (QED) is 0.0864. The Balaban J connectivity index is 0.000000231. The van der Waals surface area contributed by atoms with Crippen LogP contribution in [0.1, 0.15) is 65.6 Å². The second-order valence-corrected chi connectivity index (χ2v) is 11.2. The molecule has 0 bridgehead atoms. The van der Waals surface area contributed by atoms with Gasteiger partial charge in [0.1, 0.15) is 5.78 Å². The van der Waals surface area contributed by atoms with Crippen molar-refractivity contribution in [1.82, 2.24) is 25.0 Å². The summed E-state index contributed by atoms with van der Waals surface area (Å²) >= 11 is 0. The number of aromatic nitrogens is 4. The Labute approximate surface area is 274 Å². The summed E-state index contributed by atoms with van der Waals surface area (Å²) in [6.07, 6.45) is 2.01. The Morgan fingerprint density at radius 3 is 1.61 bits per heavy atom. The van der Waals surface area contributed by atoms with Gasteiger partial charge < -0.3 is 0 Å². The maximum atomic E-state index is 11.3. The molecule has 0 spiro atoms. The molecule has 8 heteroatoms. The molecule has 5 rings (SSSR count). The molecule has 0 aliphatic heterocycles. The fraction of sp³-hybridized carbons (Fsp3) is 0.316. The van der Waals surface area contributed by atoms with E-state index in [9.17, 15) is 9.59 Å². The molecule has 0 atom stereocenters. The molecule has 0 saturated carbocycles. The average molecular weight is 623 g/mol. The maximum Gasteiger partial charge on any atom is 0.170 e. The molecule has 0 aliphatic rings. The molecular weight excluding hydrogens is 572 g/mol. The lowest BCUT2D eigenvalue weighted by Crippen LogP contribution is -2.13. The third kappa shape index (κ3) is 12.0. The van der Waals surface area contributed by atoms with Gasteiger partial charge >= 0.3 is 0 Å². The molecule has 0 radical (unpaired) electrons. The molecule has 5 aromatic rings. The number of hydrazine groups is 1. The Morgan fingerprint density at radius 1 is 0.717 bits per heavy atom. The largest absolute Gasteiger partial charge is 0.300 e. The van der Waals surface area contributed by atoms with Crippen LogP contribution in [0, 0.1) is 20.8 Å². The lowest BCUT2D eigenvalue weighted by molar-refractivity contribution is -0.116. The van der Waals surface area contributed by atoms with Crippen molar-refractivity contribution in [2.24, 2.45) is 19.9 Å². The van der Waals surface area contributed by atoms with Crippen LogP contribution in [0.4, 0.5) is 0 Å². The monoisotopic (exact) mass is 622 g/mol. The highest BCUT2D eigenvalue weighted by atomic mass is 16.1. The Bertz CT molecular complexity index is 1650. The molecule has 2 heterocycles. The smallest absolute Gasteiger partial charge is 0.170 e. The van der Waals surface area contributed by atoms with Crippen molar-refractivity contribution in [2.45, 2.75) is 60.8 Å². The van der Waals surface area contributed by atoms with Crippen molar-refractivity contribution in [3.8, 4) is 22.5 Å². The summed E-state index contributed by atoms with van der Waals surface area (Å²) in [5.74, 6) is 4.40. The van der Waals surface area contributed by atoms with Crippen molar-refractivity contribution in [3.63, 3.8) is 0 Å². The Hall–Kier alpha value is -4.66. The molecule has 0 unspecified atom stereocenters. The van der Waals surface area contributed by atoms with Gasteiger partial charge in [0.2, 0.25) is 0 Å². The van der Waals surface area contributed by atoms with Gasteiger partial charge in [-0.1, -0.05) is 103 Å². The van der Waals surface area contributed by atoms with Gasteiger partial charge in [0, 0.05) is 30.9 Å². The number of hydrogen-bond donors (Lipinski definition) is 2. The lowest BCUT2D eigenvalue weighted by atomic mass is 10.1. The molecule has 8 nitrogen and oxygen atoms in total. The molecule has 2 aromatic heterocycles. The highest BCUT2D eigenvalue weighted by Gasteiger charge is 2.08. The standard InChI is InChI=1S/2C13H16N2.C11H12O2.CH6N2/c1-4-12-9-13(14-15(12)3)11-7-5-10(2)6-8-11;1-4-12-9-13(15(3)14-12)11-7-5-10(2)6-8-11;1-8-3-5-10(6-4-8)11(13)7-9(2)12;1-3-2/h2*5-9H,4H2,1-3H3;3-6H,7H2,1-2H3;3H,2H2,1H3. The summed E-state index contributed by atoms with van der Waals surface area (Å²) in [6, 6.07) is 28.6. The van der Waals surface area contributed by atoms with E-state index in [-0.39, 0.29) is 18.0 Å². The zero-order chi connectivity index (χ0) is 34.2.